The predicted octanol–water partition coefficient (Wildman–Crippen LogP) is 2.63. The first kappa shape index (κ1) is 16.0. The number of methoxy groups -OCH3 is 1. The Bertz CT molecular complexity index is 452. The van der Waals surface area contributed by atoms with E-state index in [1.807, 2.05) is 14.0 Å². The average molecular weight is 293 g/mol. The summed E-state index contributed by atoms with van der Waals surface area (Å²) >= 11 is 0. The summed E-state index contributed by atoms with van der Waals surface area (Å²) in [6.45, 7) is 3.34. The fraction of sp³-hybridized carbons (Fsp3) is 0.750. The second kappa shape index (κ2) is 7.59. The van der Waals surface area contributed by atoms with Gasteiger partial charge in [-0.25, -0.2) is 0 Å². The minimum atomic E-state index is -0.158. The molecule has 21 heavy (non-hydrogen) atoms. The van der Waals surface area contributed by atoms with Crippen molar-refractivity contribution >= 4 is 5.97 Å². The van der Waals surface area contributed by atoms with E-state index in [-0.39, 0.29) is 11.9 Å². The van der Waals surface area contributed by atoms with Crippen LogP contribution in [0, 0.1) is 5.92 Å². The summed E-state index contributed by atoms with van der Waals surface area (Å²) in [6, 6.07) is 2.67. The smallest absolute Gasteiger partial charge is 0.309 e. The molecule has 1 heterocycles. The molecule has 1 fully saturated rings. The Labute approximate surface area is 127 Å². The molecule has 5 nitrogen and oxygen atoms in total. The summed E-state index contributed by atoms with van der Waals surface area (Å²) in [5.41, 5.74) is 1.07. The number of esters is 1. The number of hydrogen-bond donors (Lipinski definition) is 0. The maximum atomic E-state index is 11.4. The highest BCUT2D eigenvalue weighted by Crippen LogP contribution is 2.27. The minimum Gasteiger partial charge on any atom is -0.469 e. The van der Waals surface area contributed by atoms with E-state index in [0.717, 1.165) is 12.2 Å². The number of ether oxygens (including phenoxy) is 1. The minimum absolute atomic E-state index is 0.111. The largest absolute Gasteiger partial charge is 0.469 e. The van der Waals surface area contributed by atoms with Gasteiger partial charge in [-0.15, -0.1) is 0 Å². The van der Waals surface area contributed by atoms with Crippen molar-refractivity contribution in [2.24, 2.45) is 5.92 Å². The van der Waals surface area contributed by atoms with E-state index in [1.54, 1.807) is 0 Å². The van der Waals surface area contributed by atoms with Crippen LogP contribution in [0.4, 0.5) is 0 Å². The van der Waals surface area contributed by atoms with Crippen molar-refractivity contribution in [1.29, 1.82) is 0 Å². The van der Waals surface area contributed by atoms with Gasteiger partial charge in [0.2, 0.25) is 0 Å². The molecule has 1 atom stereocenters. The Morgan fingerprint density at radius 1 is 1.48 bits per heavy atom. The van der Waals surface area contributed by atoms with Crippen molar-refractivity contribution < 1.29 is 9.53 Å². The SMILES string of the molecule is COC(=O)C(C)CN(C)Cc1ccn(C2CCCCC2)n1. The first-order valence-corrected chi connectivity index (χ1v) is 7.90. The molecule has 0 amide bonds. The van der Waals surface area contributed by atoms with Crippen molar-refractivity contribution in [3.63, 3.8) is 0 Å². The first-order chi connectivity index (χ1) is 10.1. The number of carbonyl (C=O) groups is 1. The Balaban J connectivity index is 1.85. The second-order valence-corrected chi connectivity index (χ2v) is 6.20. The molecule has 1 aromatic heterocycles. The van der Waals surface area contributed by atoms with Crippen LogP contribution in [0.1, 0.15) is 50.8 Å². The first-order valence-electron chi connectivity index (χ1n) is 7.90. The van der Waals surface area contributed by atoms with Gasteiger partial charge in [-0.05, 0) is 26.0 Å². The molecule has 1 aromatic rings. The Hall–Kier alpha value is -1.36. The normalized spacial score (nSPS) is 17.9. The van der Waals surface area contributed by atoms with E-state index in [4.69, 9.17) is 9.84 Å². The molecule has 0 bridgehead atoms. The number of rotatable bonds is 6. The summed E-state index contributed by atoms with van der Waals surface area (Å²) in [5, 5.41) is 4.71. The van der Waals surface area contributed by atoms with Crippen LogP contribution < -0.4 is 0 Å². The molecule has 1 unspecified atom stereocenters. The van der Waals surface area contributed by atoms with Gasteiger partial charge in [0.1, 0.15) is 0 Å². The second-order valence-electron chi connectivity index (χ2n) is 6.20. The number of carbonyl (C=O) groups excluding carboxylic acids is 1. The fourth-order valence-corrected chi connectivity index (χ4v) is 3.09. The van der Waals surface area contributed by atoms with Crippen LogP contribution in [0.5, 0.6) is 0 Å². The number of aromatic nitrogens is 2. The van der Waals surface area contributed by atoms with Gasteiger partial charge in [0.15, 0.2) is 0 Å². The quantitative estimate of drug-likeness (QED) is 0.757. The zero-order valence-corrected chi connectivity index (χ0v) is 13.4. The maximum absolute atomic E-state index is 11.4. The molecule has 0 radical (unpaired) electrons. The lowest BCUT2D eigenvalue weighted by atomic mass is 9.96. The van der Waals surface area contributed by atoms with Gasteiger partial charge in [0.05, 0.1) is 24.8 Å². The highest BCUT2D eigenvalue weighted by atomic mass is 16.5. The third kappa shape index (κ3) is 4.56. The van der Waals surface area contributed by atoms with E-state index >= 15 is 0 Å². The Morgan fingerprint density at radius 3 is 2.86 bits per heavy atom. The van der Waals surface area contributed by atoms with Gasteiger partial charge >= 0.3 is 5.97 Å². The molecule has 0 aromatic carbocycles. The summed E-state index contributed by atoms with van der Waals surface area (Å²) in [4.78, 5) is 13.6. The molecule has 0 N–H and O–H groups in total. The van der Waals surface area contributed by atoms with Crippen molar-refractivity contribution in [2.75, 3.05) is 20.7 Å². The number of hydrogen-bond acceptors (Lipinski definition) is 4. The Morgan fingerprint density at radius 2 is 2.19 bits per heavy atom. The molecular weight excluding hydrogens is 266 g/mol. The molecule has 2 rings (SSSR count). The maximum Gasteiger partial charge on any atom is 0.309 e. The molecule has 1 aliphatic carbocycles. The number of nitrogens with zero attached hydrogens (tertiary/aromatic N) is 3. The van der Waals surface area contributed by atoms with Crippen molar-refractivity contribution in [3.8, 4) is 0 Å². The summed E-state index contributed by atoms with van der Waals surface area (Å²) in [5.74, 6) is -0.269. The van der Waals surface area contributed by atoms with Crippen molar-refractivity contribution in [3.05, 3.63) is 18.0 Å². The highest BCUT2D eigenvalue weighted by molar-refractivity contribution is 5.72. The standard InChI is InChI=1S/C16H27N3O2/c1-13(16(20)21-3)11-18(2)12-14-9-10-19(17-14)15-7-5-4-6-8-15/h9-10,13,15H,4-8,11-12H2,1-3H3. The van der Waals surface area contributed by atoms with Gasteiger partial charge in [0, 0.05) is 19.3 Å². The van der Waals surface area contributed by atoms with Gasteiger partial charge in [-0.1, -0.05) is 26.2 Å². The summed E-state index contributed by atoms with van der Waals surface area (Å²) < 4.78 is 6.89. The molecule has 118 valence electrons. The van der Waals surface area contributed by atoms with Crippen LogP contribution >= 0.6 is 0 Å². The molecule has 0 saturated heterocycles. The van der Waals surface area contributed by atoms with Crippen LogP contribution in [0.25, 0.3) is 0 Å². The van der Waals surface area contributed by atoms with Crippen LogP contribution in [0.3, 0.4) is 0 Å². The monoisotopic (exact) mass is 293 g/mol. The van der Waals surface area contributed by atoms with Crippen LogP contribution in [-0.2, 0) is 16.1 Å². The van der Waals surface area contributed by atoms with E-state index in [2.05, 4.69) is 21.8 Å². The lowest BCUT2D eigenvalue weighted by Crippen LogP contribution is -2.29. The van der Waals surface area contributed by atoms with Crippen LogP contribution in [0.2, 0.25) is 0 Å². The third-order valence-electron chi connectivity index (χ3n) is 4.23. The molecular formula is C16H27N3O2. The van der Waals surface area contributed by atoms with Crippen LogP contribution in [0.15, 0.2) is 12.3 Å². The molecule has 0 aliphatic heterocycles. The van der Waals surface area contributed by atoms with Crippen molar-refractivity contribution in [2.45, 2.75) is 51.6 Å². The molecule has 1 aliphatic rings. The van der Waals surface area contributed by atoms with Crippen LogP contribution in [-0.4, -0.2) is 41.4 Å². The average Bonchev–Trinajstić information content (AvgIpc) is 2.95. The summed E-state index contributed by atoms with van der Waals surface area (Å²) in [7, 11) is 3.45. The topological polar surface area (TPSA) is 47.4 Å². The van der Waals surface area contributed by atoms with Gasteiger partial charge in [-0.2, -0.15) is 5.10 Å². The highest BCUT2D eigenvalue weighted by Gasteiger charge is 2.18. The van der Waals surface area contributed by atoms with Gasteiger partial charge in [-0.3, -0.25) is 14.4 Å². The van der Waals surface area contributed by atoms with Gasteiger partial charge < -0.3 is 4.74 Å². The van der Waals surface area contributed by atoms with E-state index in [0.29, 0.717) is 12.6 Å². The predicted molar refractivity (Wildman–Crippen MR) is 81.9 cm³/mol. The third-order valence-corrected chi connectivity index (χ3v) is 4.23. The van der Waals surface area contributed by atoms with E-state index < -0.39 is 0 Å². The zero-order chi connectivity index (χ0) is 15.2. The van der Waals surface area contributed by atoms with E-state index in [1.165, 1.54) is 39.2 Å². The fourth-order valence-electron chi connectivity index (χ4n) is 3.09. The lowest BCUT2D eigenvalue weighted by Gasteiger charge is -2.22. The Kier molecular flexibility index (Phi) is 5.79. The van der Waals surface area contributed by atoms with E-state index in [9.17, 15) is 4.79 Å². The molecule has 5 heteroatoms. The van der Waals surface area contributed by atoms with Gasteiger partial charge in [0.25, 0.3) is 0 Å². The van der Waals surface area contributed by atoms with Crippen molar-refractivity contribution in [1.82, 2.24) is 14.7 Å². The molecule has 0 spiro atoms. The summed E-state index contributed by atoms with van der Waals surface area (Å²) in [6.07, 6.45) is 8.58. The lowest BCUT2D eigenvalue weighted by molar-refractivity contribution is -0.145. The molecule has 1 saturated carbocycles. The zero-order valence-electron chi connectivity index (χ0n) is 13.4.